The molecule has 3 N–H and O–H groups in total. The molecule has 1 saturated heterocycles. The Kier molecular flexibility index (Phi) is 8.74. The lowest BCUT2D eigenvalue weighted by Gasteiger charge is -2.27. The first kappa shape index (κ1) is 21.9. The highest BCUT2D eigenvalue weighted by atomic mass is 16.5. The third kappa shape index (κ3) is 6.89. The first-order valence-corrected chi connectivity index (χ1v) is 10.5. The summed E-state index contributed by atoms with van der Waals surface area (Å²) in [5, 5.41) is 9.33. The Hall–Kier alpha value is -2.84. The Labute approximate surface area is 177 Å². The second kappa shape index (κ2) is 12.0. The van der Waals surface area contributed by atoms with E-state index >= 15 is 0 Å². The van der Waals surface area contributed by atoms with Crippen molar-refractivity contribution in [3.8, 4) is 0 Å². The van der Waals surface area contributed by atoms with E-state index in [9.17, 15) is 4.79 Å². The molecule has 0 unspecified atom stereocenters. The van der Waals surface area contributed by atoms with Crippen molar-refractivity contribution >= 4 is 11.9 Å². The molecule has 1 aliphatic rings. The predicted molar refractivity (Wildman–Crippen MR) is 116 cm³/mol. The average Bonchev–Trinajstić information content (AvgIpc) is 3.31. The molecule has 0 aliphatic carbocycles. The number of hydrogen-bond acceptors (Lipinski definition) is 5. The first-order chi connectivity index (χ1) is 14.8. The van der Waals surface area contributed by atoms with Crippen LogP contribution in [0.15, 0.2) is 52.1 Å². The van der Waals surface area contributed by atoms with Crippen LogP contribution >= 0.6 is 0 Å². The number of carbonyl (C=O) groups excluding carboxylic acids is 1. The minimum Gasteiger partial charge on any atom is -0.459 e. The molecule has 8 nitrogen and oxygen atoms in total. The van der Waals surface area contributed by atoms with Gasteiger partial charge in [-0.1, -0.05) is 24.3 Å². The molecule has 1 fully saturated rings. The van der Waals surface area contributed by atoms with Crippen molar-refractivity contribution in [2.24, 2.45) is 4.99 Å². The van der Waals surface area contributed by atoms with Gasteiger partial charge in [0, 0.05) is 39.3 Å². The van der Waals surface area contributed by atoms with Crippen molar-refractivity contribution in [2.75, 3.05) is 45.9 Å². The molecule has 30 heavy (non-hydrogen) atoms. The second-order valence-corrected chi connectivity index (χ2v) is 7.01. The van der Waals surface area contributed by atoms with Gasteiger partial charge in [-0.15, -0.1) is 0 Å². The maximum atomic E-state index is 11.9. The number of amides is 1. The van der Waals surface area contributed by atoms with Crippen LogP contribution in [0.3, 0.4) is 0 Å². The smallest absolute Gasteiger partial charge is 0.287 e. The first-order valence-electron chi connectivity index (χ1n) is 10.5. The van der Waals surface area contributed by atoms with Gasteiger partial charge in [-0.25, -0.2) is 4.99 Å². The fourth-order valence-corrected chi connectivity index (χ4v) is 3.22. The van der Waals surface area contributed by atoms with Crippen LogP contribution in [0.5, 0.6) is 0 Å². The maximum absolute atomic E-state index is 11.9. The molecule has 2 heterocycles. The molecule has 1 aromatic carbocycles. The van der Waals surface area contributed by atoms with Crippen molar-refractivity contribution in [2.45, 2.75) is 20.0 Å². The summed E-state index contributed by atoms with van der Waals surface area (Å²) in [6.07, 6.45) is 1.49. The largest absolute Gasteiger partial charge is 0.459 e. The van der Waals surface area contributed by atoms with Crippen LogP contribution in [0, 0.1) is 0 Å². The van der Waals surface area contributed by atoms with Gasteiger partial charge < -0.3 is 25.1 Å². The Balaban J connectivity index is 1.50. The van der Waals surface area contributed by atoms with E-state index in [-0.39, 0.29) is 5.91 Å². The summed E-state index contributed by atoms with van der Waals surface area (Å²) in [4.78, 5) is 19.0. The maximum Gasteiger partial charge on any atom is 0.287 e. The van der Waals surface area contributed by atoms with Crippen LogP contribution in [0.25, 0.3) is 0 Å². The number of morpholine rings is 1. The number of aliphatic imine (C=N–C) groups is 1. The van der Waals surface area contributed by atoms with Crippen molar-refractivity contribution < 1.29 is 13.9 Å². The van der Waals surface area contributed by atoms with Crippen molar-refractivity contribution in [3.05, 3.63) is 59.5 Å². The second-order valence-electron chi connectivity index (χ2n) is 7.01. The Bertz CT molecular complexity index is 801. The molecule has 8 heteroatoms. The summed E-state index contributed by atoms with van der Waals surface area (Å²) in [5.41, 5.74) is 2.51. The van der Waals surface area contributed by atoms with Gasteiger partial charge in [-0.3, -0.25) is 9.69 Å². The third-order valence-electron chi connectivity index (χ3n) is 4.82. The number of benzene rings is 1. The van der Waals surface area contributed by atoms with E-state index in [1.54, 1.807) is 12.1 Å². The van der Waals surface area contributed by atoms with Crippen LogP contribution in [0.2, 0.25) is 0 Å². The molecular weight excluding hydrogens is 382 g/mol. The molecule has 1 amide bonds. The van der Waals surface area contributed by atoms with Crippen molar-refractivity contribution in [3.63, 3.8) is 0 Å². The van der Waals surface area contributed by atoms with Crippen LogP contribution in [-0.2, 0) is 17.8 Å². The lowest BCUT2D eigenvalue weighted by molar-refractivity contribution is 0.0341. The molecule has 2 aromatic rings. The molecule has 0 saturated carbocycles. The van der Waals surface area contributed by atoms with Gasteiger partial charge in [0.25, 0.3) is 5.91 Å². The molecular formula is C22H31N5O3. The average molecular weight is 414 g/mol. The number of nitrogens with one attached hydrogen (secondary N) is 3. The van der Waals surface area contributed by atoms with E-state index in [0.29, 0.717) is 25.4 Å². The van der Waals surface area contributed by atoms with Crippen molar-refractivity contribution in [1.29, 1.82) is 0 Å². The number of rotatable bonds is 9. The quantitative estimate of drug-likeness (QED) is 0.329. The Morgan fingerprint density at radius 2 is 1.80 bits per heavy atom. The Morgan fingerprint density at radius 1 is 1.03 bits per heavy atom. The monoisotopic (exact) mass is 413 g/mol. The standard InChI is InChI=1S/C22H31N5O3/c1-2-23-22(25-10-9-24-21(28)20-8-5-13-30-20)26-16-18-6-3-4-7-19(18)17-27-11-14-29-15-12-27/h3-8,13H,2,9-12,14-17H2,1H3,(H,24,28)(H2,23,25,26). The molecule has 162 valence electrons. The molecule has 0 bridgehead atoms. The van der Waals surface area contributed by atoms with E-state index in [2.05, 4.69) is 45.1 Å². The molecule has 1 aliphatic heterocycles. The highest BCUT2D eigenvalue weighted by Crippen LogP contribution is 2.14. The molecule has 3 rings (SSSR count). The fourth-order valence-electron chi connectivity index (χ4n) is 3.22. The van der Waals surface area contributed by atoms with Gasteiger partial charge in [-0.05, 0) is 30.2 Å². The lowest BCUT2D eigenvalue weighted by Crippen LogP contribution is -2.41. The van der Waals surface area contributed by atoms with Gasteiger partial charge in [0.2, 0.25) is 0 Å². The summed E-state index contributed by atoms with van der Waals surface area (Å²) in [6.45, 7) is 8.85. The van der Waals surface area contributed by atoms with Crippen LogP contribution in [0.1, 0.15) is 28.6 Å². The molecule has 1 aromatic heterocycles. The third-order valence-corrected chi connectivity index (χ3v) is 4.82. The van der Waals surface area contributed by atoms with E-state index in [1.807, 2.05) is 6.92 Å². The van der Waals surface area contributed by atoms with Gasteiger partial charge in [0.05, 0.1) is 26.0 Å². The number of nitrogens with zero attached hydrogens (tertiary/aromatic N) is 2. The predicted octanol–water partition coefficient (Wildman–Crippen LogP) is 1.60. The lowest BCUT2D eigenvalue weighted by atomic mass is 10.1. The van der Waals surface area contributed by atoms with Crippen LogP contribution in [0.4, 0.5) is 0 Å². The summed E-state index contributed by atoms with van der Waals surface area (Å²) >= 11 is 0. The Morgan fingerprint density at radius 3 is 2.53 bits per heavy atom. The highest BCUT2D eigenvalue weighted by Gasteiger charge is 2.12. The van der Waals surface area contributed by atoms with Gasteiger partial charge in [0.15, 0.2) is 11.7 Å². The zero-order chi connectivity index (χ0) is 21.0. The minimum absolute atomic E-state index is 0.222. The highest BCUT2D eigenvalue weighted by molar-refractivity contribution is 5.91. The van der Waals surface area contributed by atoms with Gasteiger partial charge >= 0.3 is 0 Å². The van der Waals surface area contributed by atoms with E-state index in [4.69, 9.17) is 14.1 Å². The number of ether oxygens (including phenoxy) is 1. The normalized spacial score (nSPS) is 15.0. The number of carbonyl (C=O) groups is 1. The molecule has 0 radical (unpaired) electrons. The number of guanidine groups is 1. The van der Waals surface area contributed by atoms with E-state index < -0.39 is 0 Å². The number of furan rings is 1. The topological polar surface area (TPSA) is 91.1 Å². The zero-order valence-electron chi connectivity index (χ0n) is 17.5. The molecule has 0 spiro atoms. The number of hydrogen-bond donors (Lipinski definition) is 3. The summed E-state index contributed by atoms with van der Waals surface area (Å²) in [7, 11) is 0. The van der Waals surface area contributed by atoms with E-state index in [1.165, 1.54) is 17.4 Å². The minimum atomic E-state index is -0.222. The fraction of sp³-hybridized carbons (Fsp3) is 0.455. The summed E-state index contributed by atoms with van der Waals surface area (Å²) < 4.78 is 10.5. The van der Waals surface area contributed by atoms with Crippen LogP contribution < -0.4 is 16.0 Å². The van der Waals surface area contributed by atoms with Crippen LogP contribution in [-0.4, -0.2) is 62.7 Å². The van der Waals surface area contributed by atoms with E-state index in [0.717, 1.165) is 45.4 Å². The SMILES string of the molecule is CCNC(=NCc1ccccc1CN1CCOCC1)NCCNC(=O)c1ccco1. The van der Waals surface area contributed by atoms with Gasteiger partial charge in [-0.2, -0.15) is 0 Å². The summed E-state index contributed by atoms with van der Waals surface area (Å²) in [6, 6.07) is 11.8. The molecule has 0 atom stereocenters. The summed E-state index contributed by atoms with van der Waals surface area (Å²) in [5.74, 6) is 0.819. The van der Waals surface area contributed by atoms with Gasteiger partial charge in [0.1, 0.15) is 0 Å². The zero-order valence-corrected chi connectivity index (χ0v) is 17.5. The van der Waals surface area contributed by atoms with Crippen molar-refractivity contribution in [1.82, 2.24) is 20.9 Å².